The van der Waals surface area contributed by atoms with Crippen molar-refractivity contribution in [2.24, 2.45) is 0 Å². The number of aliphatic hydroxyl groups excluding tert-OH is 2. The smallest absolute Gasteiger partial charge is 0.256 e. The van der Waals surface area contributed by atoms with E-state index in [0.717, 1.165) is 0 Å². The Balaban J connectivity index is 1.68. The molecule has 0 saturated carbocycles. The summed E-state index contributed by atoms with van der Waals surface area (Å²) in [5, 5.41) is 18.2. The lowest BCUT2D eigenvalue weighted by atomic mass is 10.1. The minimum Gasteiger partial charge on any atom is -0.407 e. The molecule has 1 amide bonds. The van der Waals surface area contributed by atoms with Gasteiger partial charge in [0.2, 0.25) is 1.43 Å². The Morgan fingerprint density at radius 1 is 1.26 bits per heavy atom. The largest absolute Gasteiger partial charge is 0.407 e. The van der Waals surface area contributed by atoms with Crippen molar-refractivity contribution in [3.63, 3.8) is 0 Å². The number of benzene rings is 1. The number of anilines is 1. The molecule has 2 aromatic heterocycles. The lowest BCUT2D eigenvalue weighted by molar-refractivity contribution is -0.0497. The van der Waals surface area contributed by atoms with Crippen LogP contribution in [0.5, 0.6) is 0 Å². The van der Waals surface area contributed by atoms with Gasteiger partial charge in [0.25, 0.3) is 5.91 Å². The SMILES string of the molecule is [2H]OC[C@H]1O[C@@H](n2cnc3c(NC(=O)c4ccccc4)ncnc32)[C@@H](O[Si](C)(C)C(C)(C)C)C1O. The normalized spacial score (nSPS) is 23.8. The first-order chi connectivity index (χ1) is 16.5. The molecule has 4 atom stereocenters. The number of imidazole rings is 1. The van der Waals surface area contributed by atoms with Gasteiger partial charge in [-0.2, -0.15) is 0 Å². The number of fused-ring (bicyclic) bond motifs is 1. The van der Waals surface area contributed by atoms with Crippen LogP contribution in [0, 0.1) is 0 Å². The van der Waals surface area contributed by atoms with E-state index in [-0.39, 0.29) is 23.4 Å². The molecule has 10 nitrogen and oxygen atoms in total. The lowest BCUT2D eigenvalue weighted by Crippen LogP contribution is -2.48. The number of rotatable bonds is 7. The van der Waals surface area contributed by atoms with Gasteiger partial charge in [-0.25, -0.2) is 15.0 Å². The summed E-state index contributed by atoms with van der Waals surface area (Å²) in [6.07, 6.45) is -0.413. The Kier molecular flexibility index (Phi) is 6.21. The van der Waals surface area contributed by atoms with Gasteiger partial charge in [0, 0.05) is 5.56 Å². The van der Waals surface area contributed by atoms with Crippen LogP contribution in [0.3, 0.4) is 0 Å². The second-order valence-corrected chi connectivity index (χ2v) is 14.7. The number of carbonyl (C=O) groups is 1. The zero-order valence-electron chi connectivity index (χ0n) is 20.9. The molecular weight excluding hydrogens is 454 g/mol. The number of aromatic nitrogens is 4. The van der Waals surface area contributed by atoms with Crippen LogP contribution < -0.4 is 5.32 Å². The number of hydrogen-bond donors (Lipinski definition) is 3. The molecule has 0 radical (unpaired) electrons. The maximum Gasteiger partial charge on any atom is 0.256 e. The standard InChI is InChI=1S/C23H31N5O5Si/c1-23(2,3)34(4,5)33-18-17(30)15(11-29)32-22(18)28-13-26-16-19(24-12-25-20(16)28)27-21(31)14-9-7-6-8-10-14/h6-10,12-13,15,17-18,22,29-30H,11H2,1-5H3,(H,24,25,27,31)/t15-,17?,18+,22-/m1/s1/i29D. The second-order valence-electron chi connectivity index (χ2n) is 9.93. The van der Waals surface area contributed by atoms with E-state index in [4.69, 9.17) is 10.6 Å². The summed E-state index contributed by atoms with van der Waals surface area (Å²) in [6, 6.07) is 8.80. The summed E-state index contributed by atoms with van der Waals surface area (Å²) >= 11 is 0. The van der Waals surface area contributed by atoms with E-state index in [1.54, 1.807) is 28.8 Å². The first-order valence-electron chi connectivity index (χ1n) is 11.6. The van der Waals surface area contributed by atoms with Crippen LogP contribution in [0.1, 0.15) is 37.4 Å². The fraction of sp³-hybridized carbons (Fsp3) is 0.478. The Labute approximate surface area is 200 Å². The van der Waals surface area contributed by atoms with Crippen molar-refractivity contribution in [2.75, 3.05) is 11.9 Å². The van der Waals surface area contributed by atoms with Crippen LogP contribution in [-0.4, -0.2) is 70.3 Å². The summed E-state index contributed by atoms with van der Waals surface area (Å²) < 4.78 is 21.5. The van der Waals surface area contributed by atoms with E-state index in [1.165, 1.54) is 12.7 Å². The predicted octanol–water partition coefficient (Wildman–Crippen LogP) is 2.72. The molecule has 1 unspecified atom stereocenters. The molecule has 11 heteroatoms. The van der Waals surface area contributed by atoms with Crippen molar-refractivity contribution in [1.29, 1.82) is 1.43 Å². The highest BCUT2D eigenvalue weighted by molar-refractivity contribution is 6.74. The molecule has 1 saturated heterocycles. The van der Waals surface area contributed by atoms with Crippen LogP contribution in [0.15, 0.2) is 43.0 Å². The van der Waals surface area contributed by atoms with Crippen molar-refractivity contribution in [3.8, 4) is 0 Å². The Bertz CT molecular complexity index is 1190. The number of nitrogens with zero attached hydrogens (tertiary/aromatic N) is 4. The molecule has 3 heterocycles. The molecule has 1 fully saturated rings. The van der Waals surface area contributed by atoms with Gasteiger partial charge in [-0.3, -0.25) is 9.36 Å². The molecule has 3 N–H and O–H groups in total. The van der Waals surface area contributed by atoms with Gasteiger partial charge >= 0.3 is 0 Å². The first-order valence-corrected chi connectivity index (χ1v) is 14.1. The molecule has 1 aromatic carbocycles. The van der Waals surface area contributed by atoms with E-state index in [9.17, 15) is 9.90 Å². The third-order valence-corrected chi connectivity index (χ3v) is 11.1. The lowest BCUT2D eigenvalue weighted by Gasteiger charge is -2.40. The molecule has 1 aliphatic heterocycles. The van der Waals surface area contributed by atoms with Crippen molar-refractivity contribution < 1.29 is 24.2 Å². The first kappa shape index (κ1) is 23.1. The zero-order valence-corrected chi connectivity index (χ0v) is 20.9. The average Bonchev–Trinajstić information content (AvgIpc) is 3.36. The monoisotopic (exact) mass is 486 g/mol. The maximum atomic E-state index is 12.7. The number of carbonyl (C=O) groups excluding carboxylic acids is 1. The maximum absolute atomic E-state index is 12.7. The van der Waals surface area contributed by atoms with Crippen LogP contribution in [0.4, 0.5) is 5.82 Å². The summed E-state index contributed by atoms with van der Waals surface area (Å²) in [6.45, 7) is 10.4. The summed E-state index contributed by atoms with van der Waals surface area (Å²) in [5.41, 5.74) is 1.28. The summed E-state index contributed by atoms with van der Waals surface area (Å²) in [5.74, 6) is -0.0615. The van der Waals surface area contributed by atoms with Crippen LogP contribution in [-0.2, 0) is 9.16 Å². The number of amides is 1. The quantitative estimate of drug-likeness (QED) is 0.435. The van der Waals surface area contributed by atoms with E-state index >= 15 is 0 Å². The molecule has 0 spiro atoms. The van der Waals surface area contributed by atoms with Gasteiger partial charge in [-0.1, -0.05) is 39.0 Å². The molecule has 182 valence electrons. The van der Waals surface area contributed by atoms with Crippen molar-refractivity contribution in [1.82, 2.24) is 19.5 Å². The van der Waals surface area contributed by atoms with Crippen molar-refractivity contribution in [3.05, 3.63) is 48.5 Å². The highest BCUT2D eigenvalue weighted by Crippen LogP contribution is 2.42. The van der Waals surface area contributed by atoms with Crippen LogP contribution in [0.25, 0.3) is 11.2 Å². The molecule has 4 rings (SSSR count). The number of nitrogens with one attached hydrogen (secondary N) is 1. The molecule has 1 aliphatic rings. The molecular formula is C23H31N5O5Si. The van der Waals surface area contributed by atoms with Gasteiger partial charge in [-0.15, -0.1) is 0 Å². The second kappa shape index (κ2) is 9.15. The van der Waals surface area contributed by atoms with Gasteiger partial charge < -0.3 is 24.7 Å². The van der Waals surface area contributed by atoms with Gasteiger partial charge in [0.1, 0.15) is 24.6 Å². The fourth-order valence-electron chi connectivity index (χ4n) is 3.62. The highest BCUT2D eigenvalue weighted by Gasteiger charge is 2.50. The fourth-order valence-corrected chi connectivity index (χ4v) is 4.91. The summed E-state index contributed by atoms with van der Waals surface area (Å²) in [7, 11) is -2.31. The van der Waals surface area contributed by atoms with Crippen molar-refractivity contribution >= 4 is 31.2 Å². The van der Waals surface area contributed by atoms with Gasteiger partial charge in [-0.05, 0) is 30.3 Å². The minimum absolute atomic E-state index is 0.102. The third kappa shape index (κ3) is 4.49. The Morgan fingerprint density at radius 3 is 2.68 bits per heavy atom. The average molecular weight is 487 g/mol. The number of aliphatic hydroxyl groups is 2. The topological polar surface area (TPSA) is 132 Å². The van der Waals surface area contributed by atoms with Gasteiger partial charge in [0.15, 0.2) is 31.5 Å². The third-order valence-electron chi connectivity index (χ3n) is 6.61. The van der Waals surface area contributed by atoms with Crippen molar-refractivity contribution in [2.45, 2.75) is 63.4 Å². The van der Waals surface area contributed by atoms with E-state index in [1.807, 2.05) is 6.07 Å². The van der Waals surface area contributed by atoms with E-state index < -0.39 is 32.9 Å². The molecule has 0 bridgehead atoms. The molecule has 3 aromatic rings. The predicted molar refractivity (Wildman–Crippen MR) is 129 cm³/mol. The number of ether oxygens (including phenoxy) is 1. The molecule has 0 aliphatic carbocycles. The highest BCUT2D eigenvalue weighted by atomic mass is 28.4. The molecule has 34 heavy (non-hydrogen) atoms. The Hall–Kier alpha value is -2.70. The minimum atomic E-state index is -2.31. The zero-order chi connectivity index (χ0) is 25.4. The van der Waals surface area contributed by atoms with Crippen LogP contribution in [0.2, 0.25) is 18.1 Å². The number of hydrogen-bond acceptors (Lipinski definition) is 8. The summed E-state index contributed by atoms with van der Waals surface area (Å²) in [4.78, 5) is 25.7. The van der Waals surface area contributed by atoms with Gasteiger partial charge in [0.05, 0.1) is 12.9 Å². The Morgan fingerprint density at radius 2 is 2.00 bits per heavy atom. The van der Waals surface area contributed by atoms with E-state index in [2.05, 4.69) is 59.2 Å². The van der Waals surface area contributed by atoms with E-state index in [0.29, 0.717) is 16.7 Å². The van der Waals surface area contributed by atoms with Crippen LogP contribution >= 0.6 is 0 Å².